The first-order valence-electron chi connectivity index (χ1n) is 7.41. The van der Waals surface area contributed by atoms with Crippen LogP contribution < -0.4 is 15.4 Å². The van der Waals surface area contributed by atoms with Gasteiger partial charge in [-0.1, -0.05) is 18.2 Å². The van der Waals surface area contributed by atoms with Crippen molar-refractivity contribution in [2.45, 2.75) is 13.5 Å². The molecule has 1 aromatic heterocycles. The number of nitrogens with zero attached hydrogens (tertiary/aromatic N) is 1. The van der Waals surface area contributed by atoms with Crippen LogP contribution in [0.5, 0.6) is 5.75 Å². The van der Waals surface area contributed by atoms with Crippen LogP contribution in [0.15, 0.2) is 48.8 Å². The van der Waals surface area contributed by atoms with Crippen molar-refractivity contribution >= 4 is 5.91 Å². The summed E-state index contributed by atoms with van der Waals surface area (Å²) >= 11 is 0. The number of hydrogen-bond donors (Lipinski definition) is 2. The zero-order valence-corrected chi connectivity index (χ0v) is 12.7. The Morgan fingerprint density at radius 2 is 1.91 bits per heavy atom. The van der Waals surface area contributed by atoms with Gasteiger partial charge in [0.05, 0.1) is 6.61 Å². The highest BCUT2D eigenvalue weighted by Gasteiger charge is 2.04. The van der Waals surface area contributed by atoms with Crippen molar-refractivity contribution < 1.29 is 9.53 Å². The summed E-state index contributed by atoms with van der Waals surface area (Å²) in [7, 11) is 0. The molecule has 1 heterocycles. The Labute approximate surface area is 130 Å². The van der Waals surface area contributed by atoms with Crippen molar-refractivity contribution in [1.29, 1.82) is 0 Å². The third-order valence-corrected chi connectivity index (χ3v) is 3.12. The fourth-order valence-electron chi connectivity index (χ4n) is 2.04. The molecule has 1 aromatic carbocycles. The molecule has 116 valence electrons. The fraction of sp³-hybridized carbons (Fsp3) is 0.294. The Balaban J connectivity index is 1.70. The Bertz CT molecular complexity index is 587. The van der Waals surface area contributed by atoms with E-state index in [1.54, 1.807) is 24.5 Å². The number of amides is 1. The molecule has 1 amide bonds. The summed E-state index contributed by atoms with van der Waals surface area (Å²) in [5.74, 6) is 0.817. The molecule has 0 atom stereocenters. The number of carbonyl (C=O) groups excluding carboxylic acids is 1. The second-order valence-corrected chi connectivity index (χ2v) is 4.71. The minimum Gasteiger partial charge on any atom is -0.494 e. The van der Waals surface area contributed by atoms with E-state index in [1.807, 2.05) is 31.2 Å². The molecule has 2 rings (SSSR count). The van der Waals surface area contributed by atoms with Gasteiger partial charge >= 0.3 is 0 Å². The summed E-state index contributed by atoms with van der Waals surface area (Å²) in [5, 5.41) is 6.16. The summed E-state index contributed by atoms with van der Waals surface area (Å²) in [5.41, 5.74) is 1.74. The number of carbonyl (C=O) groups is 1. The lowest BCUT2D eigenvalue weighted by atomic mass is 10.2. The SMILES string of the molecule is CCOc1ccccc1CNCCNC(=O)c1ccncc1. The van der Waals surface area contributed by atoms with Crippen LogP contribution in [0, 0.1) is 0 Å². The molecule has 0 fully saturated rings. The number of pyridine rings is 1. The van der Waals surface area contributed by atoms with Crippen LogP contribution in [0.4, 0.5) is 0 Å². The van der Waals surface area contributed by atoms with E-state index < -0.39 is 0 Å². The van der Waals surface area contributed by atoms with Crippen LogP contribution in [-0.2, 0) is 6.54 Å². The van der Waals surface area contributed by atoms with Crippen molar-refractivity contribution in [2.24, 2.45) is 0 Å². The Hall–Kier alpha value is -2.40. The summed E-state index contributed by atoms with van der Waals surface area (Å²) < 4.78 is 5.57. The molecule has 5 nitrogen and oxygen atoms in total. The largest absolute Gasteiger partial charge is 0.494 e. The molecule has 0 saturated heterocycles. The van der Waals surface area contributed by atoms with E-state index in [4.69, 9.17) is 4.74 Å². The monoisotopic (exact) mass is 299 g/mol. The maximum atomic E-state index is 11.8. The average molecular weight is 299 g/mol. The second kappa shape index (κ2) is 8.79. The lowest BCUT2D eigenvalue weighted by Gasteiger charge is -2.11. The minimum atomic E-state index is -0.0843. The number of para-hydroxylation sites is 1. The van der Waals surface area contributed by atoms with Gasteiger partial charge in [0.1, 0.15) is 5.75 Å². The average Bonchev–Trinajstić information content (AvgIpc) is 2.57. The third-order valence-electron chi connectivity index (χ3n) is 3.12. The van der Waals surface area contributed by atoms with Gasteiger partial charge in [0.25, 0.3) is 5.91 Å². The number of aromatic nitrogens is 1. The highest BCUT2D eigenvalue weighted by molar-refractivity contribution is 5.93. The van der Waals surface area contributed by atoms with Gasteiger partial charge in [-0.15, -0.1) is 0 Å². The zero-order valence-electron chi connectivity index (χ0n) is 12.7. The Kier molecular flexibility index (Phi) is 6.39. The first kappa shape index (κ1) is 16.0. The van der Waals surface area contributed by atoms with Crippen molar-refractivity contribution in [3.05, 3.63) is 59.9 Å². The van der Waals surface area contributed by atoms with Gasteiger partial charge in [0, 0.05) is 43.2 Å². The molecule has 5 heteroatoms. The molecule has 2 N–H and O–H groups in total. The van der Waals surface area contributed by atoms with Gasteiger partial charge < -0.3 is 15.4 Å². The van der Waals surface area contributed by atoms with E-state index in [0.717, 1.165) is 11.3 Å². The van der Waals surface area contributed by atoms with Crippen LogP contribution in [0.1, 0.15) is 22.8 Å². The minimum absolute atomic E-state index is 0.0843. The lowest BCUT2D eigenvalue weighted by Crippen LogP contribution is -2.31. The number of ether oxygens (including phenoxy) is 1. The standard InChI is InChI=1S/C17H21N3O2/c1-2-22-16-6-4-3-5-15(16)13-19-11-12-20-17(21)14-7-9-18-10-8-14/h3-10,19H,2,11-13H2,1H3,(H,20,21). The molecule has 0 spiro atoms. The van der Waals surface area contributed by atoms with Gasteiger partial charge in [-0.2, -0.15) is 0 Å². The molecular formula is C17H21N3O2. The molecule has 2 aromatic rings. The van der Waals surface area contributed by atoms with Gasteiger partial charge in [-0.05, 0) is 25.1 Å². The van der Waals surface area contributed by atoms with E-state index >= 15 is 0 Å². The normalized spacial score (nSPS) is 10.2. The predicted octanol–water partition coefficient (Wildman–Crippen LogP) is 2.00. The molecule has 0 saturated carbocycles. The van der Waals surface area contributed by atoms with E-state index in [-0.39, 0.29) is 5.91 Å². The van der Waals surface area contributed by atoms with Crippen LogP contribution >= 0.6 is 0 Å². The van der Waals surface area contributed by atoms with Crippen LogP contribution in [0.2, 0.25) is 0 Å². The molecule has 0 unspecified atom stereocenters. The van der Waals surface area contributed by atoms with Crippen LogP contribution in [0.3, 0.4) is 0 Å². The first-order valence-corrected chi connectivity index (χ1v) is 7.41. The molecular weight excluding hydrogens is 278 g/mol. The van der Waals surface area contributed by atoms with Crippen molar-refractivity contribution in [2.75, 3.05) is 19.7 Å². The lowest BCUT2D eigenvalue weighted by molar-refractivity contribution is 0.0954. The zero-order chi connectivity index (χ0) is 15.6. The molecule has 0 radical (unpaired) electrons. The maximum Gasteiger partial charge on any atom is 0.251 e. The summed E-state index contributed by atoms with van der Waals surface area (Å²) in [4.78, 5) is 15.7. The molecule has 0 bridgehead atoms. The maximum absolute atomic E-state index is 11.8. The van der Waals surface area contributed by atoms with Gasteiger partial charge in [0.15, 0.2) is 0 Å². The predicted molar refractivity (Wildman–Crippen MR) is 85.9 cm³/mol. The third kappa shape index (κ3) is 4.86. The number of rotatable bonds is 8. The van der Waals surface area contributed by atoms with Crippen molar-refractivity contribution in [1.82, 2.24) is 15.6 Å². The smallest absolute Gasteiger partial charge is 0.251 e. The molecule has 0 aliphatic rings. The summed E-state index contributed by atoms with van der Waals surface area (Å²) in [6.07, 6.45) is 3.22. The Morgan fingerprint density at radius 3 is 2.68 bits per heavy atom. The highest BCUT2D eigenvalue weighted by Crippen LogP contribution is 2.17. The molecule has 22 heavy (non-hydrogen) atoms. The quantitative estimate of drug-likeness (QED) is 0.732. The van der Waals surface area contributed by atoms with Gasteiger partial charge in [-0.25, -0.2) is 0 Å². The number of hydrogen-bond acceptors (Lipinski definition) is 4. The van der Waals surface area contributed by atoms with Crippen molar-refractivity contribution in [3.63, 3.8) is 0 Å². The number of benzene rings is 1. The molecule has 0 aliphatic heterocycles. The topological polar surface area (TPSA) is 63.2 Å². The first-order chi connectivity index (χ1) is 10.8. The van der Waals surface area contributed by atoms with E-state index in [1.165, 1.54) is 0 Å². The second-order valence-electron chi connectivity index (χ2n) is 4.71. The van der Waals surface area contributed by atoms with E-state index in [2.05, 4.69) is 15.6 Å². The van der Waals surface area contributed by atoms with Crippen molar-refractivity contribution in [3.8, 4) is 5.75 Å². The van der Waals surface area contributed by atoms with Gasteiger partial charge in [0.2, 0.25) is 0 Å². The summed E-state index contributed by atoms with van der Waals surface area (Å²) in [6.45, 7) is 4.59. The molecule has 0 aliphatic carbocycles. The van der Waals surface area contributed by atoms with Crippen LogP contribution in [-0.4, -0.2) is 30.6 Å². The van der Waals surface area contributed by atoms with Crippen LogP contribution in [0.25, 0.3) is 0 Å². The van der Waals surface area contributed by atoms with E-state index in [0.29, 0.717) is 31.8 Å². The summed E-state index contributed by atoms with van der Waals surface area (Å²) in [6, 6.07) is 11.3. The Morgan fingerprint density at radius 1 is 1.14 bits per heavy atom. The number of nitrogens with one attached hydrogen (secondary N) is 2. The fourth-order valence-corrected chi connectivity index (χ4v) is 2.04. The van der Waals surface area contributed by atoms with Gasteiger partial charge in [-0.3, -0.25) is 9.78 Å². The van der Waals surface area contributed by atoms with E-state index in [9.17, 15) is 4.79 Å². The highest BCUT2D eigenvalue weighted by atomic mass is 16.5.